The molecule has 136 valence electrons. The van der Waals surface area contributed by atoms with Crippen LogP contribution in [0.1, 0.15) is 42.1 Å². The molecular formula is C20H20FNO4. The Morgan fingerprint density at radius 3 is 2.27 bits per heavy atom. The molecule has 0 aliphatic heterocycles. The minimum Gasteiger partial charge on any atom is -0.478 e. The molecule has 0 saturated carbocycles. The largest absolute Gasteiger partial charge is 0.478 e. The number of carbonyl (C=O) groups is 3. The summed E-state index contributed by atoms with van der Waals surface area (Å²) in [4.78, 5) is 38.3. The maximum Gasteiger partial charge on any atom is 0.339 e. The summed E-state index contributed by atoms with van der Waals surface area (Å²) < 4.78 is 14.0. The van der Waals surface area contributed by atoms with Gasteiger partial charge in [-0.3, -0.25) is 9.59 Å². The Kier molecular flexibility index (Phi) is 6.22. The fourth-order valence-electron chi connectivity index (χ4n) is 2.89. The number of rotatable bonds is 7. The number of halogens is 1. The average molecular weight is 357 g/mol. The van der Waals surface area contributed by atoms with Crippen LogP contribution in [0.3, 0.4) is 0 Å². The van der Waals surface area contributed by atoms with Crippen molar-refractivity contribution in [2.45, 2.75) is 26.2 Å². The number of hydrogen-bond donors (Lipinski definition) is 1. The fourth-order valence-corrected chi connectivity index (χ4v) is 2.89. The molecule has 0 saturated heterocycles. The Bertz CT molecular complexity index is 820. The lowest BCUT2D eigenvalue weighted by Crippen LogP contribution is -2.39. The van der Waals surface area contributed by atoms with Gasteiger partial charge in [-0.25, -0.2) is 9.18 Å². The molecule has 26 heavy (non-hydrogen) atoms. The lowest BCUT2D eigenvalue weighted by atomic mass is 9.89. The van der Waals surface area contributed by atoms with Crippen molar-refractivity contribution in [3.63, 3.8) is 0 Å². The molecule has 0 unspecified atom stereocenters. The summed E-state index contributed by atoms with van der Waals surface area (Å²) in [5.74, 6) is -4.99. The maximum absolute atomic E-state index is 14.0. The van der Waals surface area contributed by atoms with Gasteiger partial charge in [0.1, 0.15) is 17.5 Å². The number of para-hydroxylation sites is 1. The molecule has 1 amide bonds. The first-order valence-electron chi connectivity index (χ1n) is 8.27. The van der Waals surface area contributed by atoms with Crippen molar-refractivity contribution in [1.29, 1.82) is 0 Å². The molecule has 2 aromatic carbocycles. The van der Waals surface area contributed by atoms with Crippen LogP contribution in [0.4, 0.5) is 10.1 Å². The molecule has 0 radical (unpaired) electrons. The van der Waals surface area contributed by atoms with E-state index in [4.69, 9.17) is 0 Å². The molecule has 2 rings (SSSR count). The number of ketones is 1. The summed E-state index contributed by atoms with van der Waals surface area (Å²) in [7, 11) is 0. The third-order valence-corrected chi connectivity index (χ3v) is 4.01. The Balaban J connectivity index is 2.57. The summed E-state index contributed by atoms with van der Waals surface area (Å²) in [6.07, 6.45) is 0.639. The molecule has 0 spiro atoms. The number of nitrogens with zero attached hydrogens (tertiary/aromatic N) is 1. The van der Waals surface area contributed by atoms with E-state index < -0.39 is 35.0 Å². The molecule has 1 N–H and O–H groups in total. The molecule has 0 aliphatic carbocycles. The number of aromatic carboxylic acids is 1. The van der Waals surface area contributed by atoms with Gasteiger partial charge in [0.25, 0.3) is 0 Å². The number of carboxylic acid groups (broad SMARTS) is 1. The van der Waals surface area contributed by atoms with Gasteiger partial charge in [-0.15, -0.1) is 0 Å². The van der Waals surface area contributed by atoms with Crippen LogP contribution in [-0.2, 0) is 9.59 Å². The molecule has 6 heteroatoms. The third kappa shape index (κ3) is 3.96. The van der Waals surface area contributed by atoms with Gasteiger partial charge in [-0.1, -0.05) is 37.3 Å². The van der Waals surface area contributed by atoms with Crippen LogP contribution in [0.25, 0.3) is 0 Å². The molecule has 0 heterocycles. The molecule has 5 nitrogen and oxygen atoms in total. The molecule has 0 aliphatic rings. The van der Waals surface area contributed by atoms with Gasteiger partial charge >= 0.3 is 5.97 Å². The summed E-state index contributed by atoms with van der Waals surface area (Å²) in [6.45, 7) is 3.44. The van der Waals surface area contributed by atoms with E-state index in [1.54, 1.807) is 30.3 Å². The number of Topliss-reactive ketones (excluding diaryl/α,β-unsaturated/α-hetero) is 1. The van der Waals surface area contributed by atoms with Crippen LogP contribution < -0.4 is 4.90 Å². The van der Waals surface area contributed by atoms with Gasteiger partial charge < -0.3 is 10.0 Å². The number of hydrogen-bond acceptors (Lipinski definition) is 3. The number of carbonyl (C=O) groups excluding carboxylic acids is 2. The molecular weight excluding hydrogens is 337 g/mol. The average Bonchev–Trinajstić information content (AvgIpc) is 2.60. The van der Waals surface area contributed by atoms with Crippen molar-refractivity contribution >= 4 is 23.3 Å². The normalized spacial score (nSPS) is 11.7. The predicted molar refractivity (Wildman–Crippen MR) is 95.9 cm³/mol. The predicted octanol–water partition coefficient (Wildman–Crippen LogP) is 3.64. The molecule has 1 atom stereocenters. The van der Waals surface area contributed by atoms with Crippen LogP contribution >= 0.6 is 0 Å². The van der Waals surface area contributed by atoms with Gasteiger partial charge in [-0.2, -0.15) is 0 Å². The minimum absolute atomic E-state index is 0.132. The van der Waals surface area contributed by atoms with Crippen LogP contribution in [0.15, 0.2) is 48.5 Å². The van der Waals surface area contributed by atoms with Crippen molar-refractivity contribution in [2.75, 3.05) is 11.4 Å². The Hall–Kier alpha value is -3.02. The highest BCUT2D eigenvalue weighted by molar-refractivity contribution is 6.13. The second-order valence-electron chi connectivity index (χ2n) is 5.88. The monoisotopic (exact) mass is 357 g/mol. The Morgan fingerprint density at radius 1 is 1.08 bits per heavy atom. The van der Waals surface area contributed by atoms with Gasteiger partial charge in [0.2, 0.25) is 5.91 Å². The quantitative estimate of drug-likeness (QED) is 0.768. The SMILES string of the molecule is CCCN(C(=O)[C@H](C(C)=O)c1cccc(F)c1C(=O)O)c1ccccc1. The van der Waals surface area contributed by atoms with Crippen LogP contribution in [0.5, 0.6) is 0 Å². The first-order chi connectivity index (χ1) is 12.4. The second-order valence-corrected chi connectivity index (χ2v) is 5.88. The van der Waals surface area contributed by atoms with E-state index in [1.165, 1.54) is 24.0 Å². The van der Waals surface area contributed by atoms with E-state index in [0.717, 1.165) is 6.07 Å². The van der Waals surface area contributed by atoms with E-state index in [2.05, 4.69) is 0 Å². The Labute approximate surface area is 151 Å². The zero-order valence-corrected chi connectivity index (χ0v) is 14.6. The van der Waals surface area contributed by atoms with E-state index in [-0.39, 0.29) is 5.56 Å². The van der Waals surface area contributed by atoms with Crippen molar-refractivity contribution in [2.24, 2.45) is 0 Å². The fraction of sp³-hybridized carbons (Fsp3) is 0.250. The molecule has 0 bridgehead atoms. The van der Waals surface area contributed by atoms with Crippen molar-refractivity contribution in [3.05, 3.63) is 65.5 Å². The minimum atomic E-state index is -1.51. The standard InChI is InChI=1S/C20H20FNO4/c1-3-12-22(14-8-5-4-6-9-14)19(24)17(13(2)23)15-10-7-11-16(21)18(15)20(25)26/h4-11,17H,3,12H2,1-2H3,(H,25,26)/t17-/m1/s1. The summed E-state index contributed by atoms with van der Waals surface area (Å²) in [5, 5.41) is 9.34. The molecule has 0 fully saturated rings. The Morgan fingerprint density at radius 2 is 1.73 bits per heavy atom. The van der Waals surface area contributed by atoms with Crippen molar-refractivity contribution in [3.8, 4) is 0 Å². The number of amides is 1. The topological polar surface area (TPSA) is 74.7 Å². The van der Waals surface area contributed by atoms with Crippen LogP contribution in [-0.4, -0.2) is 29.3 Å². The van der Waals surface area contributed by atoms with E-state index in [9.17, 15) is 23.9 Å². The molecule has 0 aromatic heterocycles. The number of anilines is 1. The highest BCUT2D eigenvalue weighted by atomic mass is 19.1. The van der Waals surface area contributed by atoms with E-state index in [1.807, 2.05) is 6.92 Å². The van der Waals surface area contributed by atoms with E-state index >= 15 is 0 Å². The number of benzene rings is 2. The van der Waals surface area contributed by atoms with Crippen LogP contribution in [0, 0.1) is 5.82 Å². The first-order valence-corrected chi connectivity index (χ1v) is 8.27. The van der Waals surface area contributed by atoms with Gasteiger partial charge in [0, 0.05) is 12.2 Å². The highest BCUT2D eigenvalue weighted by Crippen LogP contribution is 2.28. The van der Waals surface area contributed by atoms with Gasteiger partial charge in [0.15, 0.2) is 0 Å². The van der Waals surface area contributed by atoms with E-state index in [0.29, 0.717) is 18.7 Å². The molecule has 2 aromatic rings. The smallest absolute Gasteiger partial charge is 0.339 e. The van der Waals surface area contributed by atoms with Crippen molar-refractivity contribution in [1.82, 2.24) is 0 Å². The van der Waals surface area contributed by atoms with Gasteiger partial charge in [-0.05, 0) is 37.1 Å². The van der Waals surface area contributed by atoms with Gasteiger partial charge in [0.05, 0.1) is 5.56 Å². The first kappa shape index (κ1) is 19.3. The lowest BCUT2D eigenvalue weighted by molar-refractivity contribution is -0.127. The second kappa shape index (κ2) is 8.38. The summed E-state index contributed by atoms with van der Waals surface area (Å²) in [5.41, 5.74) is -0.184. The number of carboxylic acids is 1. The zero-order chi connectivity index (χ0) is 19.3. The summed E-state index contributed by atoms with van der Waals surface area (Å²) in [6, 6.07) is 12.4. The third-order valence-electron chi connectivity index (χ3n) is 4.01. The zero-order valence-electron chi connectivity index (χ0n) is 14.6. The maximum atomic E-state index is 14.0. The summed E-state index contributed by atoms with van der Waals surface area (Å²) >= 11 is 0. The van der Waals surface area contributed by atoms with Crippen LogP contribution in [0.2, 0.25) is 0 Å². The lowest BCUT2D eigenvalue weighted by Gasteiger charge is -2.27. The highest BCUT2D eigenvalue weighted by Gasteiger charge is 2.34. The van der Waals surface area contributed by atoms with Crippen molar-refractivity contribution < 1.29 is 23.9 Å².